The summed E-state index contributed by atoms with van der Waals surface area (Å²) >= 11 is 0. The lowest BCUT2D eigenvalue weighted by Gasteiger charge is -2.13. The molecule has 1 aromatic carbocycles. The molecule has 1 rings (SSSR count). The smallest absolute Gasteiger partial charge is 0.316 e. The number of hydrogen-bond acceptors (Lipinski definition) is 4. The van der Waals surface area contributed by atoms with Gasteiger partial charge in [-0.2, -0.15) is 0 Å². The second-order valence-corrected chi connectivity index (χ2v) is 6.49. The van der Waals surface area contributed by atoms with Gasteiger partial charge < -0.3 is 9.47 Å². The number of esters is 1. The van der Waals surface area contributed by atoms with Gasteiger partial charge in [0.2, 0.25) is 0 Å². The number of allylic oxidation sites excluding steroid dienone is 3. The van der Waals surface area contributed by atoms with Crippen LogP contribution in [0.1, 0.15) is 49.4 Å². The van der Waals surface area contributed by atoms with Crippen LogP contribution in [0.25, 0.3) is 6.08 Å². The van der Waals surface area contributed by atoms with Crippen molar-refractivity contribution in [1.29, 1.82) is 0 Å². The first-order valence-electron chi connectivity index (χ1n) is 8.89. The van der Waals surface area contributed by atoms with E-state index in [4.69, 9.17) is 9.47 Å². The minimum absolute atomic E-state index is 0.172. The molecule has 0 aromatic heterocycles. The summed E-state index contributed by atoms with van der Waals surface area (Å²) in [6.07, 6.45) is 6.32. The molecule has 4 heteroatoms. The Hall–Kier alpha value is -2.36. The van der Waals surface area contributed by atoms with Crippen LogP contribution in [0.5, 0.6) is 5.75 Å². The van der Waals surface area contributed by atoms with E-state index in [2.05, 4.69) is 19.9 Å². The molecule has 0 heterocycles. The zero-order valence-electron chi connectivity index (χ0n) is 16.9. The van der Waals surface area contributed by atoms with E-state index in [1.807, 2.05) is 32.1 Å². The highest BCUT2D eigenvalue weighted by Gasteiger charge is 2.23. The molecular weight excluding hydrogens is 328 g/mol. The van der Waals surface area contributed by atoms with Crippen LogP contribution < -0.4 is 4.74 Å². The monoisotopic (exact) mass is 358 g/mol. The van der Waals surface area contributed by atoms with Crippen molar-refractivity contribution in [3.63, 3.8) is 0 Å². The van der Waals surface area contributed by atoms with Gasteiger partial charge in [-0.05, 0) is 76.3 Å². The van der Waals surface area contributed by atoms with E-state index in [-0.39, 0.29) is 12.4 Å². The zero-order chi connectivity index (χ0) is 19.9. The number of aryl methyl sites for hydroxylation is 1. The molecule has 0 amide bonds. The van der Waals surface area contributed by atoms with E-state index in [9.17, 15) is 9.59 Å². The van der Waals surface area contributed by atoms with Gasteiger partial charge in [0.05, 0.1) is 13.7 Å². The van der Waals surface area contributed by atoms with E-state index < -0.39 is 11.9 Å². The second kappa shape index (κ2) is 9.95. The first-order valence-corrected chi connectivity index (χ1v) is 8.89. The molecule has 0 spiro atoms. The van der Waals surface area contributed by atoms with Gasteiger partial charge in [0.1, 0.15) is 17.5 Å². The highest BCUT2D eigenvalue weighted by atomic mass is 16.5. The van der Waals surface area contributed by atoms with Gasteiger partial charge >= 0.3 is 5.97 Å². The average molecular weight is 358 g/mol. The summed E-state index contributed by atoms with van der Waals surface area (Å²) in [6, 6.07) is 2.04. The summed E-state index contributed by atoms with van der Waals surface area (Å²) in [4.78, 5) is 23.5. The van der Waals surface area contributed by atoms with E-state index in [0.717, 1.165) is 28.0 Å². The van der Waals surface area contributed by atoms with E-state index in [1.54, 1.807) is 14.0 Å². The van der Waals surface area contributed by atoms with Crippen LogP contribution in [0.3, 0.4) is 0 Å². The van der Waals surface area contributed by atoms with Crippen LogP contribution in [-0.4, -0.2) is 25.5 Å². The Kier molecular flexibility index (Phi) is 8.30. The van der Waals surface area contributed by atoms with Gasteiger partial charge in [-0.25, -0.2) is 0 Å². The molecule has 0 saturated carbocycles. The van der Waals surface area contributed by atoms with Crippen molar-refractivity contribution < 1.29 is 19.1 Å². The predicted octanol–water partition coefficient (Wildman–Crippen LogP) is 4.74. The number of ether oxygens (including phenoxy) is 2. The van der Waals surface area contributed by atoms with Crippen LogP contribution >= 0.6 is 0 Å². The third kappa shape index (κ3) is 5.58. The Bertz CT molecular complexity index is 726. The number of ketones is 1. The van der Waals surface area contributed by atoms with Crippen LogP contribution in [0.2, 0.25) is 0 Å². The summed E-state index contributed by atoms with van der Waals surface area (Å²) in [5.74, 6) is -0.465. The number of hydrogen-bond donors (Lipinski definition) is 0. The van der Waals surface area contributed by atoms with Gasteiger partial charge in [-0.15, -0.1) is 0 Å². The van der Waals surface area contributed by atoms with Gasteiger partial charge in [-0.1, -0.05) is 23.8 Å². The summed E-state index contributed by atoms with van der Waals surface area (Å²) < 4.78 is 10.4. The van der Waals surface area contributed by atoms with Crippen molar-refractivity contribution in [1.82, 2.24) is 0 Å². The third-order valence-electron chi connectivity index (χ3n) is 4.58. The van der Waals surface area contributed by atoms with Gasteiger partial charge in [0, 0.05) is 0 Å². The Morgan fingerprint density at radius 3 is 2.35 bits per heavy atom. The molecular formula is C22H30O4. The van der Waals surface area contributed by atoms with Gasteiger partial charge in [0.25, 0.3) is 0 Å². The molecule has 1 atom stereocenters. The number of rotatable bonds is 8. The predicted molar refractivity (Wildman–Crippen MR) is 105 cm³/mol. The fraction of sp³-hybridized carbons (Fsp3) is 0.455. The second-order valence-electron chi connectivity index (χ2n) is 6.49. The Balaban J connectivity index is 2.98. The minimum Gasteiger partial charge on any atom is -0.496 e. The number of benzene rings is 1. The van der Waals surface area contributed by atoms with Gasteiger partial charge in [-0.3, -0.25) is 9.59 Å². The summed E-state index contributed by atoms with van der Waals surface area (Å²) in [5, 5.41) is 0. The third-order valence-corrected chi connectivity index (χ3v) is 4.58. The topological polar surface area (TPSA) is 52.6 Å². The van der Waals surface area contributed by atoms with E-state index in [0.29, 0.717) is 6.42 Å². The summed E-state index contributed by atoms with van der Waals surface area (Å²) in [7, 11) is 1.68. The van der Waals surface area contributed by atoms with Crippen LogP contribution in [0, 0.1) is 26.7 Å². The molecule has 0 aliphatic heterocycles. The maximum Gasteiger partial charge on any atom is 0.316 e. The normalized spacial score (nSPS) is 13.0. The highest BCUT2D eigenvalue weighted by molar-refractivity contribution is 5.97. The molecule has 0 N–H and O–H groups in total. The standard InChI is InChI=1S/C22H30O4/c1-8-26-22(24)20(18(6)23)12-10-14(2)9-11-19-15(3)13-21(25-7)17(5)16(19)4/h9-11,13,20H,8,12H2,1-7H3. The Morgan fingerprint density at radius 2 is 1.81 bits per heavy atom. The fourth-order valence-corrected chi connectivity index (χ4v) is 2.79. The lowest BCUT2D eigenvalue weighted by Crippen LogP contribution is -2.23. The molecule has 4 nitrogen and oxygen atoms in total. The first kappa shape index (κ1) is 21.7. The molecule has 1 unspecified atom stereocenters. The maximum absolute atomic E-state index is 11.9. The Morgan fingerprint density at radius 1 is 1.15 bits per heavy atom. The molecule has 0 saturated heterocycles. The first-order chi connectivity index (χ1) is 12.2. The molecule has 26 heavy (non-hydrogen) atoms. The lowest BCUT2D eigenvalue weighted by molar-refractivity contribution is -0.150. The molecule has 0 bridgehead atoms. The molecule has 142 valence electrons. The molecule has 0 aliphatic carbocycles. The fourth-order valence-electron chi connectivity index (χ4n) is 2.79. The van der Waals surface area contributed by atoms with Gasteiger partial charge in [0.15, 0.2) is 0 Å². The molecule has 0 aliphatic rings. The van der Waals surface area contributed by atoms with Crippen molar-refractivity contribution in [2.45, 2.75) is 48.0 Å². The summed E-state index contributed by atoms with van der Waals surface area (Å²) in [6.45, 7) is 11.6. The van der Waals surface area contributed by atoms with Crippen molar-refractivity contribution in [3.05, 3.63) is 46.0 Å². The van der Waals surface area contributed by atoms with Crippen LogP contribution in [0.4, 0.5) is 0 Å². The zero-order valence-corrected chi connectivity index (χ0v) is 16.9. The minimum atomic E-state index is -0.731. The molecule has 1 aromatic rings. The van der Waals surface area contributed by atoms with Crippen molar-refractivity contribution in [2.24, 2.45) is 5.92 Å². The van der Waals surface area contributed by atoms with Crippen molar-refractivity contribution >= 4 is 17.8 Å². The van der Waals surface area contributed by atoms with E-state index >= 15 is 0 Å². The van der Waals surface area contributed by atoms with Crippen LogP contribution in [0.15, 0.2) is 23.8 Å². The summed E-state index contributed by atoms with van der Waals surface area (Å²) in [5.41, 5.74) is 5.59. The van der Waals surface area contributed by atoms with E-state index in [1.165, 1.54) is 12.5 Å². The SMILES string of the molecule is CCOC(=O)C(CC=C(C)C=Cc1c(C)cc(OC)c(C)c1C)C(C)=O. The molecule has 0 radical (unpaired) electrons. The van der Waals surface area contributed by atoms with Crippen LogP contribution in [-0.2, 0) is 14.3 Å². The quantitative estimate of drug-likeness (QED) is 0.383. The largest absolute Gasteiger partial charge is 0.496 e. The van der Waals surface area contributed by atoms with Crippen molar-refractivity contribution in [2.75, 3.05) is 13.7 Å². The highest BCUT2D eigenvalue weighted by Crippen LogP contribution is 2.28. The number of methoxy groups -OCH3 is 1. The lowest BCUT2D eigenvalue weighted by atomic mass is 9.96. The maximum atomic E-state index is 11.9. The Labute approximate surface area is 156 Å². The number of carbonyl (C=O) groups is 2. The number of carbonyl (C=O) groups excluding carboxylic acids is 2. The average Bonchev–Trinajstić information content (AvgIpc) is 2.58. The molecule has 0 fully saturated rings. The van der Waals surface area contributed by atoms with Crippen molar-refractivity contribution in [3.8, 4) is 5.75 Å². The number of Topliss-reactive ketones (excluding diaryl/α,β-unsaturated/α-hetero) is 1.